The third-order valence-electron chi connectivity index (χ3n) is 3.99. The number of carboxylic acid groups (broad SMARTS) is 1. The van der Waals surface area contributed by atoms with Crippen LogP contribution in [0.2, 0.25) is 0 Å². The van der Waals surface area contributed by atoms with Crippen molar-refractivity contribution in [2.45, 2.75) is 24.3 Å². The van der Waals surface area contributed by atoms with Crippen LogP contribution in [0.3, 0.4) is 0 Å². The quantitative estimate of drug-likeness (QED) is 0.898. The first-order valence-corrected chi connectivity index (χ1v) is 8.18. The molecule has 1 aliphatic heterocycles. The summed E-state index contributed by atoms with van der Waals surface area (Å²) in [6.07, 6.45) is 0.782. The lowest BCUT2D eigenvalue weighted by molar-refractivity contribution is 0.0696. The van der Waals surface area contributed by atoms with E-state index in [0.717, 1.165) is 6.42 Å². The zero-order valence-corrected chi connectivity index (χ0v) is 13.2. The molecule has 116 valence electrons. The Bertz CT molecular complexity index is 655. The van der Waals surface area contributed by atoms with Crippen molar-refractivity contribution in [3.63, 3.8) is 0 Å². The summed E-state index contributed by atoms with van der Waals surface area (Å²) in [4.78, 5) is 13.2. The molecule has 0 radical (unpaired) electrons. The highest BCUT2D eigenvalue weighted by molar-refractivity contribution is 7.89. The van der Waals surface area contributed by atoms with Gasteiger partial charge in [0, 0.05) is 19.1 Å². The molecule has 7 heteroatoms. The molecule has 1 aromatic rings. The van der Waals surface area contributed by atoms with Crippen molar-refractivity contribution in [2.75, 3.05) is 27.2 Å². The molecule has 1 aromatic carbocycles. The van der Waals surface area contributed by atoms with Crippen molar-refractivity contribution in [1.29, 1.82) is 0 Å². The second-order valence-electron chi connectivity index (χ2n) is 5.50. The van der Waals surface area contributed by atoms with Gasteiger partial charge in [-0.15, -0.1) is 0 Å². The van der Waals surface area contributed by atoms with Crippen molar-refractivity contribution in [3.8, 4) is 0 Å². The Morgan fingerprint density at radius 3 is 2.57 bits per heavy atom. The van der Waals surface area contributed by atoms with Crippen LogP contribution in [0.1, 0.15) is 22.3 Å². The summed E-state index contributed by atoms with van der Waals surface area (Å²) in [6, 6.07) is 4.56. The Morgan fingerprint density at radius 1 is 1.38 bits per heavy atom. The maximum absolute atomic E-state index is 12.7. The second-order valence-corrected chi connectivity index (χ2v) is 7.41. The van der Waals surface area contributed by atoms with Gasteiger partial charge in [-0.25, -0.2) is 13.2 Å². The third-order valence-corrected chi connectivity index (χ3v) is 6.00. The molecule has 0 bridgehead atoms. The summed E-state index contributed by atoms with van der Waals surface area (Å²) in [7, 11) is 0.207. The summed E-state index contributed by atoms with van der Waals surface area (Å²) in [5.74, 6) is -1.11. The van der Waals surface area contributed by atoms with E-state index in [1.807, 2.05) is 19.0 Å². The minimum Gasteiger partial charge on any atom is -0.478 e. The highest BCUT2D eigenvalue weighted by atomic mass is 32.2. The van der Waals surface area contributed by atoms with Gasteiger partial charge in [-0.3, -0.25) is 0 Å². The van der Waals surface area contributed by atoms with Gasteiger partial charge in [0.1, 0.15) is 0 Å². The summed E-state index contributed by atoms with van der Waals surface area (Å²) in [5.41, 5.74) is 0.317. The number of aromatic carboxylic acids is 1. The predicted octanol–water partition coefficient (Wildman–Crippen LogP) is 1.02. The number of sulfonamides is 1. The number of rotatable bonds is 4. The largest absolute Gasteiger partial charge is 0.478 e. The molecule has 6 nitrogen and oxygen atoms in total. The van der Waals surface area contributed by atoms with E-state index in [2.05, 4.69) is 0 Å². The maximum Gasteiger partial charge on any atom is 0.335 e. The number of hydrogen-bond donors (Lipinski definition) is 1. The zero-order chi connectivity index (χ0) is 15.8. The van der Waals surface area contributed by atoms with Gasteiger partial charge in [0.05, 0.1) is 10.5 Å². The minimum atomic E-state index is -3.65. The molecule has 2 rings (SSSR count). The molecule has 1 fully saturated rings. The van der Waals surface area contributed by atoms with Crippen LogP contribution in [0.15, 0.2) is 23.1 Å². The number of carboxylic acids is 1. The fourth-order valence-electron chi connectivity index (χ4n) is 2.62. The smallest absolute Gasteiger partial charge is 0.335 e. The molecule has 0 amide bonds. The fourth-order valence-corrected chi connectivity index (χ4v) is 4.35. The highest BCUT2D eigenvalue weighted by Gasteiger charge is 2.34. The van der Waals surface area contributed by atoms with E-state index < -0.39 is 16.0 Å². The normalized spacial score (nSPS) is 20.1. The van der Waals surface area contributed by atoms with Gasteiger partial charge in [0.2, 0.25) is 10.0 Å². The van der Waals surface area contributed by atoms with E-state index in [1.165, 1.54) is 29.4 Å². The zero-order valence-electron chi connectivity index (χ0n) is 12.4. The van der Waals surface area contributed by atoms with Crippen LogP contribution >= 0.6 is 0 Å². The van der Waals surface area contributed by atoms with Gasteiger partial charge >= 0.3 is 5.97 Å². The summed E-state index contributed by atoms with van der Waals surface area (Å²) in [6.45, 7) is 2.43. The standard InChI is InChI=1S/C14H20N2O4S/c1-10-12(14(17)18)5-4-6-13(10)21(19,20)16-8-7-11(9-16)15(2)3/h4-6,11H,7-9H2,1-3H3,(H,17,18). The van der Waals surface area contributed by atoms with Crippen LogP contribution in [0, 0.1) is 6.92 Å². The predicted molar refractivity (Wildman–Crippen MR) is 79.0 cm³/mol. The van der Waals surface area contributed by atoms with Crippen molar-refractivity contribution in [2.24, 2.45) is 0 Å². The lowest BCUT2D eigenvalue weighted by atomic mass is 10.1. The molecule has 1 aliphatic rings. The van der Waals surface area contributed by atoms with Gasteiger partial charge < -0.3 is 10.0 Å². The van der Waals surface area contributed by atoms with E-state index in [0.29, 0.717) is 18.7 Å². The van der Waals surface area contributed by atoms with Gasteiger partial charge in [-0.1, -0.05) is 6.07 Å². The molecule has 0 aromatic heterocycles. The summed E-state index contributed by atoms with van der Waals surface area (Å²) >= 11 is 0. The van der Waals surface area contributed by atoms with Crippen molar-refractivity contribution in [1.82, 2.24) is 9.21 Å². The average molecular weight is 312 g/mol. The van der Waals surface area contributed by atoms with E-state index in [9.17, 15) is 13.2 Å². The Morgan fingerprint density at radius 2 is 2.05 bits per heavy atom. The Hall–Kier alpha value is -1.44. The van der Waals surface area contributed by atoms with Gasteiger partial charge in [0.25, 0.3) is 0 Å². The average Bonchev–Trinajstić information content (AvgIpc) is 2.88. The van der Waals surface area contributed by atoms with Gasteiger partial charge in [-0.2, -0.15) is 4.31 Å². The van der Waals surface area contributed by atoms with Crippen LogP contribution < -0.4 is 0 Å². The van der Waals surface area contributed by atoms with Crippen molar-refractivity contribution < 1.29 is 18.3 Å². The van der Waals surface area contributed by atoms with Crippen LogP contribution in [-0.4, -0.2) is 61.9 Å². The molecule has 1 saturated heterocycles. The van der Waals surface area contributed by atoms with Crippen LogP contribution in [0.4, 0.5) is 0 Å². The minimum absolute atomic E-state index is 0.0273. The fraction of sp³-hybridized carbons (Fsp3) is 0.500. The van der Waals surface area contributed by atoms with E-state index in [-0.39, 0.29) is 16.5 Å². The highest BCUT2D eigenvalue weighted by Crippen LogP contribution is 2.26. The molecule has 0 saturated carbocycles. The molecule has 0 spiro atoms. The first-order valence-electron chi connectivity index (χ1n) is 6.74. The van der Waals surface area contributed by atoms with E-state index >= 15 is 0 Å². The molecular weight excluding hydrogens is 292 g/mol. The number of nitrogens with zero attached hydrogens (tertiary/aromatic N) is 2. The van der Waals surface area contributed by atoms with Gasteiger partial charge in [-0.05, 0) is 45.1 Å². The topological polar surface area (TPSA) is 77.9 Å². The first-order chi connectivity index (χ1) is 9.75. The Balaban J connectivity index is 2.38. The summed E-state index contributed by atoms with van der Waals surface area (Å²) in [5, 5.41) is 9.12. The monoisotopic (exact) mass is 312 g/mol. The number of likely N-dealkylation sites (N-methyl/N-ethyl adjacent to an activating group) is 1. The van der Waals surface area contributed by atoms with Crippen molar-refractivity contribution >= 4 is 16.0 Å². The lowest BCUT2D eigenvalue weighted by Gasteiger charge is -2.21. The lowest BCUT2D eigenvalue weighted by Crippen LogP contribution is -2.34. The SMILES string of the molecule is Cc1c(C(=O)O)cccc1S(=O)(=O)N1CCC(N(C)C)C1. The van der Waals surface area contributed by atoms with Crippen molar-refractivity contribution in [3.05, 3.63) is 29.3 Å². The van der Waals surface area contributed by atoms with Gasteiger partial charge in [0.15, 0.2) is 0 Å². The molecule has 1 atom stereocenters. The molecule has 0 aliphatic carbocycles. The number of benzene rings is 1. The molecule has 1 unspecified atom stereocenters. The molecule has 21 heavy (non-hydrogen) atoms. The maximum atomic E-state index is 12.7. The van der Waals surface area contributed by atoms with Crippen LogP contribution in [0.25, 0.3) is 0 Å². The summed E-state index contributed by atoms with van der Waals surface area (Å²) < 4.78 is 26.9. The van der Waals surface area contributed by atoms with E-state index in [4.69, 9.17) is 5.11 Å². The molecular formula is C14H20N2O4S. The first kappa shape index (κ1) is 15.9. The molecule has 1 heterocycles. The third kappa shape index (κ3) is 2.95. The second kappa shape index (κ2) is 5.75. The van der Waals surface area contributed by atoms with E-state index in [1.54, 1.807) is 0 Å². The van der Waals surface area contributed by atoms with Crippen LogP contribution in [-0.2, 0) is 10.0 Å². The number of hydrogen-bond acceptors (Lipinski definition) is 4. The molecule has 1 N–H and O–H groups in total. The number of carbonyl (C=O) groups is 1. The Kier molecular flexibility index (Phi) is 4.36. The Labute approximate surface area is 125 Å². The van der Waals surface area contributed by atoms with Crippen LogP contribution in [0.5, 0.6) is 0 Å².